The van der Waals surface area contributed by atoms with Gasteiger partial charge in [0.05, 0.1) is 12.3 Å². The number of rotatable bonds is 14. The Balaban J connectivity index is 1.51. The van der Waals surface area contributed by atoms with Crippen molar-refractivity contribution in [1.82, 2.24) is 5.32 Å². The number of fused-ring (bicyclic) bond motifs is 1. The number of para-hydroxylation sites is 1. The number of benzene rings is 5. The van der Waals surface area contributed by atoms with Gasteiger partial charge in [0.2, 0.25) is 0 Å². The average Bonchev–Trinajstić information content (AvgIpc) is 3.20. The number of alkyl carbamates (subject to hydrolysis) is 1. The lowest BCUT2D eigenvalue weighted by Crippen LogP contribution is -2.37. The third-order valence-corrected chi connectivity index (χ3v) is 11.5. The Morgan fingerprint density at radius 3 is 1.70 bits per heavy atom. The molecule has 1 unspecified atom stereocenters. The van der Waals surface area contributed by atoms with E-state index in [-0.39, 0.29) is 0 Å². The van der Waals surface area contributed by atoms with Gasteiger partial charge in [-0.2, -0.15) is 0 Å². The Bertz CT molecular complexity index is 2010. The first-order chi connectivity index (χ1) is 26.3. The quantitative estimate of drug-likeness (QED) is 0.114. The molecular formula is C46H53N5O2S. The standard InChI is InChI=1S/C46H53N5O2S/c1-7-12-32-53-45(52)48-44-47-43-33-41(49(8-2)9-3)30-31-42(43)46(54-44,35-20-26-39(27-21-35)50(10-4)37-16-14-13-15-17-37)36-22-28-40(29-23-36)51(11-5)38-24-18-34(6)19-25-38/h13-31,33H,7-12,32H2,1-6H3,(H,47,48,52). The summed E-state index contributed by atoms with van der Waals surface area (Å²) in [6.07, 6.45) is 1.26. The second-order valence-corrected chi connectivity index (χ2v) is 14.6. The van der Waals surface area contributed by atoms with Crippen molar-refractivity contribution in [2.24, 2.45) is 4.99 Å². The minimum Gasteiger partial charge on any atom is -0.449 e. The van der Waals surface area contributed by atoms with Crippen molar-refractivity contribution >= 4 is 57.1 Å². The lowest BCUT2D eigenvalue weighted by atomic mass is 9.82. The third-order valence-electron chi connectivity index (χ3n) is 10.1. The molecule has 1 heterocycles. The van der Waals surface area contributed by atoms with E-state index in [0.29, 0.717) is 11.8 Å². The van der Waals surface area contributed by atoms with Crippen molar-refractivity contribution in [2.45, 2.75) is 59.1 Å². The Morgan fingerprint density at radius 1 is 0.667 bits per heavy atom. The van der Waals surface area contributed by atoms with Gasteiger partial charge in [-0.1, -0.05) is 91.3 Å². The van der Waals surface area contributed by atoms with E-state index in [1.165, 1.54) is 5.56 Å². The monoisotopic (exact) mass is 739 g/mol. The lowest BCUT2D eigenvalue weighted by Gasteiger charge is -2.39. The highest BCUT2D eigenvalue weighted by Crippen LogP contribution is 2.55. The number of nitrogens with zero attached hydrogens (tertiary/aromatic N) is 4. The van der Waals surface area contributed by atoms with Crippen LogP contribution in [0.4, 0.5) is 38.9 Å². The van der Waals surface area contributed by atoms with Crippen LogP contribution >= 0.6 is 11.8 Å². The number of ether oxygens (including phenoxy) is 1. The van der Waals surface area contributed by atoms with E-state index >= 15 is 0 Å². The summed E-state index contributed by atoms with van der Waals surface area (Å²) in [5.41, 5.74) is 10.9. The van der Waals surface area contributed by atoms with Crippen LogP contribution in [-0.2, 0) is 9.48 Å². The van der Waals surface area contributed by atoms with E-state index in [4.69, 9.17) is 9.73 Å². The third kappa shape index (κ3) is 8.14. The fourth-order valence-electron chi connectivity index (χ4n) is 7.22. The van der Waals surface area contributed by atoms with Crippen LogP contribution in [0.1, 0.15) is 69.7 Å². The number of carbonyl (C=O) groups is 1. The van der Waals surface area contributed by atoms with Crippen LogP contribution in [0.2, 0.25) is 0 Å². The minimum atomic E-state index is -0.743. The topological polar surface area (TPSA) is 60.4 Å². The molecule has 0 saturated heterocycles. The molecule has 0 aromatic heterocycles. The smallest absolute Gasteiger partial charge is 0.413 e. The van der Waals surface area contributed by atoms with E-state index < -0.39 is 10.8 Å². The van der Waals surface area contributed by atoms with Crippen molar-refractivity contribution in [2.75, 3.05) is 47.5 Å². The van der Waals surface area contributed by atoms with Crippen LogP contribution in [0, 0.1) is 6.92 Å². The number of carbonyl (C=O) groups excluding carboxylic acids is 1. The number of amidine groups is 1. The van der Waals surface area contributed by atoms with Gasteiger partial charge in [-0.15, -0.1) is 0 Å². The van der Waals surface area contributed by atoms with Gasteiger partial charge in [-0.25, -0.2) is 9.79 Å². The molecule has 6 rings (SSSR count). The summed E-state index contributed by atoms with van der Waals surface area (Å²) in [5, 5.41) is 3.54. The second kappa shape index (κ2) is 17.7. The first kappa shape index (κ1) is 38.5. The van der Waals surface area contributed by atoms with Gasteiger partial charge in [0.25, 0.3) is 0 Å². The Labute approximate surface area is 326 Å². The highest BCUT2D eigenvalue weighted by atomic mass is 32.2. The average molecular weight is 740 g/mol. The van der Waals surface area contributed by atoms with Gasteiger partial charge in [-0.3, -0.25) is 5.32 Å². The maximum atomic E-state index is 13.2. The van der Waals surface area contributed by atoms with Crippen LogP contribution in [0.5, 0.6) is 0 Å². The van der Waals surface area contributed by atoms with Crippen molar-refractivity contribution in [3.63, 3.8) is 0 Å². The number of thioether (sulfide) groups is 1. The summed E-state index contributed by atoms with van der Waals surface area (Å²) in [7, 11) is 0. The van der Waals surface area contributed by atoms with E-state index in [2.05, 4.69) is 177 Å². The summed E-state index contributed by atoms with van der Waals surface area (Å²) < 4.78 is 4.84. The van der Waals surface area contributed by atoms with Gasteiger partial charge >= 0.3 is 6.09 Å². The number of unbranched alkanes of at least 4 members (excludes halogenated alkanes) is 1. The van der Waals surface area contributed by atoms with E-state index in [1.54, 1.807) is 11.8 Å². The molecule has 1 aliphatic heterocycles. The number of hydrogen-bond donors (Lipinski definition) is 1. The largest absolute Gasteiger partial charge is 0.449 e. The fourth-order valence-corrected chi connectivity index (χ4v) is 8.58. The SMILES string of the molecule is CCCCOC(=O)NC1=Nc2cc(N(CC)CC)ccc2C(c2ccc(N(CC)c3ccccc3)cc2)(c2ccc(N(CC)c3ccc(C)cc3)cc2)S1. The summed E-state index contributed by atoms with van der Waals surface area (Å²) >= 11 is 1.55. The van der Waals surface area contributed by atoms with E-state index in [9.17, 15) is 4.79 Å². The molecule has 1 amide bonds. The number of aryl methyl sites for hydroxylation is 1. The zero-order valence-electron chi connectivity index (χ0n) is 32.5. The van der Waals surface area contributed by atoms with Crippen LogP contribution < -0.4 is 20.0 Å². The molecule has 8 heteroatoms. The number of anilines is 5. The Kier molecular flexibility index (Phi) is 12.7. The van der Waals surface area contributed by atoms with Crippen LogP contribution in [0.3, 0.4) is 0 Å². The van der Waals surface area contributed by atoms with Crippen molar-refractivity contribution in [3.8, 4) is 0 Å². The summed E-state index contributed by atoms with van der Waals surface area (Å²) in [5.74, 6) is 0. The summed E-state index contributed by atoms with van der Waals surface area (Å²) in [6, 6.07) is 43.5. The number of aliphatic imine (C=N–C) groups is 1. The molecule has 1 aliphatic rings. The molecule has 0 saturated carbocycles. The van der Waals surface area contributed by atoms with Crippen molar-refractivity contribution in [1.29, 1.82) is 0 Å². The number of amides is 1. The molecule has 0 aliphatic carbocycles. The van der Waals surface area contributed by atoms with Crippen LogP contribution in [0.25, 0.3) is 0 Å². The molecule has 1 atom stereocenters. The fraction of sp³-hybridized carbons (Fsp3) is 0.304. The first-order valence-corrected chi connectivity index (χ1v) is 20.2. The van der Waals surface area contributed by atoms with Crippen LogP contribution in [-0.4, -0.2) is 44.0 Å². The van der Waals surface area contributed by atoms with Gasteiger partial charge in [0, 0.05) is 60.2 Å². The molecule has 5 aromatic carbocycles. The second-order valence-electron chi connectivity index (χ2n) is 13.4. The molecule has 280 valence electrons. The molecule has 0 radical (unpaired) electrons. The number of hydrogen-bond acceptors (Lipinski definition) is 7. The summed E-state index contributed by atoms with van der Waals surface area (Å²) in [4.78, 5) is 25.3. The maximum Gasteiger partial charge on any atom is 0.413 e. The first-order valence-electron chi connectivity index (χ1n) is 19.3. The molecule has 54 heavy (non-hydrogen) atoms. The zero-order chi connectivity index (χ0) is 38.1. The predicted molar refractivity (Wildman–Crippen MR) is 230 cm³/mol. The molecule has 1 N–H and O–H groups in total. The van der Waals surface area contributed by atoms with E-state index in [1.807, 2.05) is 6.07 Å². The Morgan fingerprint density at radius 2 is 1.19 bits per heavy atom. The van der Waals surface area contributed by atoms with E-state index in [0.717, 1.165) is 89.8 Å². The highest BCUT2D eigenvalue weighted by molar-refractivity contribution is 8.15. The maximum absolute atomic E-state index is 13.2. The zero-order valence-corrected chi connectivity index (χ0v) is 33.3. The minimum absolute atomic E-state index is 0.362. The molecule has 0 bridgehead atoms. The Hall–Kier alpha value is -5.21. The molecule has 0 fully saturated rings. The number of nitrogens with one attached hydrogen (secondary N) is 1. The van der Waals surface area contributed by atoms with Crippen molar-refractivity contribution < 1.29 is 9.53 Å². The summed E-state index contributed by atoms with van der Waals surface area (Å²) in [6.45, 7) is 16.7. The van der Waals surface area contributed by atoms with Gasteiger partial charge < -0.3 is 19.4 Å². The van der Waals surface area contributed by atoms with Gasteiger partial charge in [-0.05, 0) is 113 Å². The molecule has 0 spiro atoms. The molecular weight excluding hydrogens is 687 g/mol. The van der Waals surface area contributed by atoms with Gasteiger partial charge in [0.15, 0.2) is 5.17 Å². The predicted octanol–water partition coefficient (Wildman–Crippen LogP) is 11.7. The van der Waals surface area contributed by atoms with Gasteiger partial charge in [0.1, 0.15) is 4.75 Å². The lowest BCUT2D eigenvalue weighted by molar-refractivity contribution is 0.150. The normalized spacial score (nSPS) is 14.8. The molecule has 5 aromatic rings. The van der Waals surface area contributed by atoms with Crippen molar-refractivity contribution in [3.05, 3.63) is 144 Å². The molecule has 7 nitrogen and oxygen atoms in total. The highest BCUT2D eigenvalue weighted by Gasteiger charge is 2.44. The van der Waals surface area contributed by atoms with Crippen LogP contribution in [0.15, 0.2) is 126 Å².